The smallest absolute Gasteiger partial charge is 0.237 e. The highest BCUT2D eigenvalue weighted by atomic mass is 16.5. The van der Waals surface area contributed by atoms with Crippen LogP contribution in [0.4, 0.5) is 0 Å². The first kappa shape index (κ1) is 16.7. The van der Waals surface area contributed by atoms with Crippen molar-refractivity contribution in [1.29, 1.82) is 0 Å². The molecule has 2 rings (SSSR count). The Morgan fingerprint density at radius 3 is 2.43 bits per heavy atom. The monoisotopic (exact) mass is 297 g/mol. The largest absolute Gasteiger partial charge is 0.381 e. The Bertz CT molecular complexity index is 334. The van der Waals surface area contributed by atoms with Gasteiger partial charge in [0.2, 0.25) is 5.91 Å². The summed E-state index contributed by atoms with van der Waals surface area (Å²) in [6.07, 6.45) is 5.87. The molecular weight excluding hydrogens is 266 g/mol. The van der Waals surface area contributed by atoms with Crippen molar-refractivity contribution in [2.75, 3.05) is 32.8 Å². The van der Waals surface area contributed by atoms with Gasteiger partial charge in [-0.1, -0.05) is 20.3 Å². The van der Waals surface area contributed by atoms with Gasteiger partial charge in [0.05, 0.1) is 6.04 Å². The molecule has 0 aromatic heterocycles. The molecule has 21 heavy (non-hydrogen) atoms. The number of likely N-dealkylation sites (tertiary alicyclic amines) is 1. The molecule has 2 aliphatic heterocycles. The van der Waals surface area contributed by atoms with Gasteiger partial charge in [-0.2, -0.15) is 0 Å². The summed E-state index contributed by atoms with van der Waals surface area (Å²) < 4.78 is 5.54. The molecule has 3 N–H and O–H groups in total. The summed E-state index contributed by atoms with van der Waals surface area (Å²) in [7, 11) is 0. The minimum absolute atomic E-state index is 0.0205. The highest BCUT2D eigenvalue weighted by molar-refractivity contribution is 5.81. The zero-order valence-electron chi connectivity index (χ0n) is 13.6. The molecule has 0 aliphatic carbocycles. The summed E-state index contributed by atoms with van der Waals surface area (Å²) >= 11 is 0. The van der Waals surface area contributed by atoms with Gasteiger partial charge in [-0.05, 0) is 44.7 Å². The Balaban J connectivity index is 1.97. The lowest BCUT2D eigenvalue weighted by atomic mass is 9.86. The number of hydrogen-bond donors (Lipinski definition) is 2. The Morgan fingerprint density at radius 2 is 1.86 bits per heavy atom. The van der Waals surface area contributed by atoms with Gasteiger partial charge in [-0.25, -0.2) is 0 Å². The molecule has 0 radical (unpaired) electrons. The number of nitrogens with zero attached hydrogens (tertiary/aromatic N) is 1. The SMILES string of the molecule is CC(C)[C@H](N)C(=O)NCC1(N2CCCCC2)CCOCC1. The van der Waals surface area contributed by atoms with Crippen molar-refractivity contribution in [1.82, 2.24) is 10.2 Å². The highest BCUT2D eigenvalue weighted by Crippen LogP contribution is 2.30. The van der Waals surface area contributed by atoms with Crippen LogP contribution >= 0.6 is 0 Å². The van der Waals surface area contributed by atoms with Crippen LogP contribution in [0.25, 0.3) is 0 Å². The maximum Gasteiger partial charge on any atom is 0.237 e. The third-order valence-electron chi connectivity index (χ3n) is 5.06. The average Bonchev–Trinajstić information content (AvgIpc) is 2.53. The molecule has 122 valence electrons. The number of hydrogen-bond acceptors (Lipinski definition) is 4. The van der Waals surface area contributed by atoms with Crippen LogP contribution in [0.1, 0.15) is 46.0 Å². The third-order valence-corrected chi connectivity index (χ3v) is 5.06. The minimum atomic E-state index is -0.414. The topological polar surface area (TPSA) is 67.6 Å². The van der Waals surface area contributed by atoms with Gasteiger partial charge >= 0.3 is 0 Å². The molecule has 0 aromatic carbocycles. The quantitative estimate of drug-likeness (QED) is 0.798. The van der Waals surface area contributed by atoms with E-state index in [9.17, 15) is 4.79 Å². The van der Waals surface area contributed by atoms with Crippen molar-refractivity contribution < 1.29 is 9.53 Å². The molecular formula is C16H31N3O2. The molecule has 0 aromatic rings. The van der Waals surface area contributed by atoms with Crippen molar-refractivity contribution in [3.63, 3.8) is 0 Å². The van der Waals surface area contributed by atoms with Gasteiger partial charge < -0.3 is 15.8 Å². The number of nitrogens with two attached hydrogens (primary N) is 1. The molecule has 0 spiro atoms. The van der Waals surface area contributed by atoms with E-state index in [1.165, 1.54) is 19.3 Å². The molecule has 2 heterocycles. The molecule has 2 fully saturated rings. The summed E-state index contributed by atoms with van der Waals surface area (Å²) in [4.78, 5) is 14.7. The number of rotatable bonds is 5. The predicted molar refractivity (Wildman–Crippen MR) is 84.0 cm³/mol. The Kier molecular flexibility index (Phi) is 6.02. The number of ether oxygens (including phenoxy) is 1. The van der Waals surface area contributed by atoms with Crippen molar-refractivity contribution in [2.45, 2.75) is 57.5 Å². The number of carbonyl (C=O) groups excluding carboxylic acids is 1. The van der Waals surface area contributed by atoms with Crippen LogP contribution < -0.4 is 11.1 Å². The molecule has 0 bridgehead atoms. The standard InChI is InChI=1S/C16H31N3O2/c1-13(2)14(17)15(20)18-12-16(6-10-21-11-7-16)19-8-4-3-5-9-19/h13-14H,3-12,17H2,1-2H3,(H,18,20)/t14-/m0/s1. The second-order valence-corrected chi connectivity index (χ2v) is 6.87. The van der Waals surface area contributed by atoms with E-state index in [-0.39, 0.29) is 17.4 Å². The Labute approximate surface area is 128 Å². The molecule has 0 unspecified atom stereocenters. The molecule has 2 aliphatic rings. The molecule has 1 atom stereocenters. The highest BCUT2D eigenvalue weighted by Gasteiger charge is 2.39. The first-order valence-electron chi connectivity index (χ1n) is 8.41. The zero-order valence-corrected chi connectivity index (χ0v) is 13.6. The molecule has 5 heteroatoms. The van der Waals surface area contributed by atoms with E-state index in [1.54, 1.807) is 0 Å². The lowest BCUT2D eigenvalue weighted by Crippen LogP contribution is -2.60. The Morgan fingerprint density at radius 1 is 1.24 bits per heavy atom. The fraction of sp³-hybridized carbons (Fsp3) is 0.938. The number of piperidine rings is 1. The zero-order chi connectivity index (χ0) is 15.3. The first-order chi connectivity index (χ1) is 10.1. The maximum absolute atomic E-state index is 12.2. The fourth-order valence-electron chi connectivity index (χ4n) is 3.40. The van der Waals surface area contributed by atoms with Gasteiger partial charge in [0.15, 0.2) is 0 Å². The minimum Gasteiger partial charge on any atom is -0.381 e. The van der Waals surface area contributed by atoms with Gasteiger partial charge in [0, 0.05) is 25.3 Å². The summed E-state index contributed by atoms with van der Waals surface area (Å²) in [6.45, 7) is 8.55. The van der Waals surface area contributed by atoms with Crippen LogP contribution in [0.5, 0.6) is 0 Å². The Hall–Kier alpha value is -0.650. The lowest BCUT2D eigenvalue weighted by Gasteiger charge is -2.48. The van der Waals surface area contributed by atoms with E-state index >= 15 is 0 Å². The van der Waals surface area contributed by atoms with Crippen molar-refractivity contribution in [3.8, 4) is 0 Å². The van der Waals surface area contributed by atoms with E-state index in [2.05, 4.69) is 10.2 Å². The van der Waals surface area contributed by atoms with Crippen LogP contribution in [0, 0.1) is 5.92 Å². The van der Waals surface area contributed by atoms with Gasteiger partial charge in [-0.15, -0.1) is 0 Å². The van der Waals surface area contributed by atoms with E-state index in [1.807, 2.05) is 13.8 Å². The van der Waals surface area contributed by atoms with Crippen LogP contribution in [0.3, 0.4) is 0 Å². The van der Waals surface area contributed by atoms with Crippen molar-refractivity contribution in [2.24, 2.45) is 11.7 Å². The molecule has 0 saturated carbocycles. The number of carbonyl (C=O) groups is 1. The van der Waals surface area contributed by atoms with E-state index in [0.717, 1.165) is 39.1 Å². The van der Waals surface area contributed by atoms with Gasteiger partial charge in [0.1, 0.15) is 0 Å². The second-order valence-electron chi connectivity index (χ2n) is 6.87. The summed E-state index contributed by atoms with van der Waals surface area (Å²) in [5.74, 6) is 0.151. The van der Waals surface area contributed by atoms with E-state index in [0.29, 0.717) is 6.54 Å². The molecule has 2 saturated heterocycles. The summed E-state index contributed by atoms with van der Waals surface area (Å²) in [5.41, 5.74) is 6.02. The van der Waals surface area contributed by atoms with Crippen molar-refractivity contribution in [3.05, 3.63) is 0 Å². The maximum atomic E-state index is 12.2. The van der Waals surface area contributed by atoms with E-state index in [4.69, 9.17) is 10.5 Å². The molecule has 1 amide bonds. The second kappa shape index (κ2) is 7.56. The normalized spacial score (nSPS) is 24.8. The lowest BCUT2D eigenvalue weighted by molar-refractivity contribution is -0.124. The summed E-state index contributed by atoms with van der Waals surface area (Å²) in [5, 5.41) is 3.11. The van der Waals surface area contributed by atoms with Crippen LogP contribution in [-0.4, -0.2) is 55.2 Å². The van der Waals surface area contributed by atoms with E-state index < -0.39 is 6.04 Å². The van der Waals surface area contributed by atoms with Gasteiger partial charge in [0.25, 0.3) is 0 Å². The average molecular weight is 297 g/mol. The van der Waals surface area contributed by atoms with Crippen LogP contribution in [0.15, 0.2) is 0 Å². The number of amides is 1. The van der Waals surface area contributed by atoms with Crippen LogP contribution in [-0.2, 0) is 9.53 Å². The predicted octanol–water partition coefficient (Wildman–Crippen LogP) is 1.12. The number of nitrogens with one attached hydrogen (secondary N) is 1. The first-order valence-corrected chi connectivity index (χ1v) is 8.41. The molecule has 5 nitrogen and oxygen atoms in total. The van der Waals surface area contributed by atoms with Gasteiger partial charge in [-0.3, -0.25) is 9.69 Å². The van der Waals surface area contributed by atoms with Crippen LogP contribution in [0.2, 0.25) is 0 Å². The fourth-order valence-corrected chi connectivity index (χ4v) is 3.40. The summed E-state index contributed by atoms with van der Waals surface area (Å²) in [6, 6.07) is -0.414. The van der Waals surface area contributed by atoms with Crippen molar-refractivity contribution >= 4 is 5.91 Å². The third kappa shape index (κ3) is 4.18.